The van der Waals surface area contributed by atoms with Crippen molar-refractivity contribution in [3.63, 3.8) is 0 Å². The Morgan fingerprint density at radius 1 is 1.07 bits per heavy atom. The number of aryl methyl sites for hydroxylation is 1. The summed E-state index contributed by atoms with van der Waals surface area (Å²) in [5, 5.41) is 22.1. The number of carbonyl (C=O) groups excluding carboxylic acids is 1. The van der Waals surface area contributed by atoms with E-state index in [9.17, 15) is 4.79 Å². The summed E-state index contributed by atoms with van der Waals surface area (Å²) in [4.78, 5) is 30.7. The van der Waals surface area contributed by atoms with Gasteiger partial charge in [-0.2, -0.15) is 0 Å². The molecule has 2 unspecified atom stereocenters. The van der Waals surface area contributed by atoms with Crippen molar-refractivity contribution in [2.45, 2.75) is 38.3 Å². The number of benzene rings is 2. The van der Waals surface area contributed by atoms with Crippen molar-refractivity contribution < 1.29 is 24.6 Å². The number of halogens is 2. The van der Waals surface area contributed by atoms with Gasteiger partial charge in [-0.25, -0.2) is 9.59 Å². The van der Waals surface area contributed by atoms with E-state index in [1.54, 1.807) is 18.2 Å². The summed E-state index contributed by atoms with van der Waals surface area (Å²) in [5.74, 6) is -3.76. The first kappa shape index (κ1) is 23.7. The van der Waals surface area contributed by atoms with Gasteiger partial charge in [-0.15, -0.1) is 0 Å². The van der Waals surface area contributed by atoms with Gasteiger partial charge in [0.05, 0.1) is 16.8 Å². The molecule has 0 saturated carbocycles. The molecule has 0 aliphatic heterocycles. The van der Waals surface area contributed by atoms with Crippen molar-refractivity contribution in [2.75, 3.05) is 5.32 Å². The first-order valence-electron chi connectivity index (χ1n) is 9.25. The quantitative estimate of drug-likeness (QED) is 0.517. The standard InChI is InChI=1S/C19H20Cl2N2O.C2H2O4/c1-12(19(24)23-18-10-9-14(20)11-16(18)21)22-17-8-4-6-13-5-2-3-7-15(13)17;3-1(4)2(5)6/h2-3,5,7,9-12,17,22H,4,6,8H2,1H3,(H,23,24);(H,3,4)(H,5,6). The van der Waals surface area contributed by atoms with Crippen molar-refractivity contribution in [1.29, 1.82) is 0 Å². The van der Waals surface area contributed by atoms with Crippen LogP contribution in [0.3, 0.4) is 0 Å². The minimum absolute atomic E-state index is 0.109. The number of rotatable bonds is 4. The molecule has 0 spiro atoms. The third-order valence-electron chi connectivity index (χ3n) is 4.59. The lowest BCUT2D eigenvalue weighted by Gasteiger charge is -2.29. The molecule has 2 aromatic carbocycles. The fraction of sp³-hybridized carbons (Fsp3) is 0.286. The van der Waals surface area contributed by atoms with Crippen molar-refractivity contribution >= 4 is 46.7 Å². The smallest absolute Gasteiger partial charge is 0.414 e. The maximum absolute atomic E-state index is 12.5. The van der Waals surface area contributed by atoms with E-state index in [2.05, 4.69) is 34.9 Å². The molecule has 7 nitrogen and oxygen atoms in total. The summed E-state index contributed by atoms with van der Waals surface area (Å²) >= 11 is 12.0. The number of aliphatic carboxylic acids is 2. The Balaban J connectivity index is 0.000000469. The molecule has 160 valence electrons. The normalized spacial score (nSPS) is 15.8. The Bertz CT molecular complexity index is 923. The number of fused-ring (bicyclic) bond motifs is 1. The van der Waals surface area contributed by atoms with Crippen LogP contribution in [0.1, 0.15) is 36.9 Å². The summed E-state index contributed by atoms with van der Waals surface area (Å²) in [6, 6.07) is 13.4. The third kappa shape index (κ3) is 6.73. The van der Waals surface area contributed by atoms with Gasteiger partial charge >= 0.3 is 11.9 Å². The lowest BCUT2D eigenvalue weighted by atomic mass is 9.87. The fourth-order valence-electron chi connectivity index (χ4n) is 3.14. The first-order chi connectivity index (χ1) is 14.2. The number of anilines is 1. The Morgan fingerprint density at radius 2 is 1.73 bits per heavy atom. The minimum atomic E-state index is -1.82. The van der Waals surface area contributed by atoms with Crippen LogP contribution in [-0.4, -0.2) is 34.1 Å². The van der Waals surface area contributed by atoms with E-state index in [1.807, 2.05) is 6.92 Å². The van der Waals surface area contributed by atoms with Gasteiger partial charge in [0.25, 0.3) is 0 Å². The van der Waals surface area contributed by atoms with Crippen LogP contribution in [-0.2, 0) is 20.8 Å². The van der Waals surface area contributed by atoms with Gasteiger partial charge < -0.3 is 15.5 Å². The van der Waals surface area contributed by atoms with Crippen LogP contribution in [0.5, 0.6) is 0 Å². The predicted molar refractivity (Wildman–Crippen MR) is 115 cm³/mol. The lowest BCUT2D eigenvalue weighted by molar-refractivity contribution is -0.159. The molecule has 1 aliphatic rings. The first-order valence-corrected chi connectivity index (χ1v) is 10.0. The van der Waals surface area contributed by atoms with Gasteiger partial charge in [-0.3, -0.25) is 10.1 Å². The maximum Gasteiger partial charge on any atom is 0.414 e. The summed E-state index contributed by atoms with van der Waals surface area (Å²) < 4.78 is 0. The summed E-state index contributed by atoms with van der Waals surface area (Å²) in [6.07, 6.45) is 3.28. The van der Waals surface area contributed by atoms with E-state index in [0.29, 0.717) is 15.7 Å². The predicted octanol–water partition coefficient (Wildman–Crippen LogP) is 4.14. The van der Waals surface area contributed by atoms with Gasteiger partial charge in [-0.1, -0.05) is 47.5 Å². The van der Waals surface area contributed by atoms with Gasteiger partial charge in [0.15, 0.2) is 0 Å². The zero-order valence-electron chi connectivity index (χ0n) is 16.2. The third-order valence-corrected chi connectivity index (χ3v) is 5.13. The highest BCUT2D eigenvalue weighted by atomic mass is 35.5. The Hall–Kier alpha value is -2.61. The summed E-state index contributed by atoms with van der Waals surface area (Å²) in [7, 11) is 0. The van der Waals surface area contributed by atoms with E-state index in [1.165, 1.54) is 11.1 Å². The second-order valence-corrected chi connectivity index (χ2v) is 7.60. The fourth-order valence-corrected chi connectivity index (χ4v) is 3.59. The molecule has 0 heterocycles. The van der Waals surface area contributed by atoms with Gasteiger partial charge in [0.1, 0.15) is 0 Å². The Kier molecular flexibility index (Phi) is 8.65. The van der Waals surface area contributed by atoms with E-state index in [0.717, 1.165) is 19.3 Å². The van der Waals surface area contributed by atoms with E-state index < -0.39 is 11.9 Å². The molecule has 0 radical (unpaired) electrons. The highest BCUT2D eigenvalue weighted by molar-refractivity contribution is 6.36. The Labute approximate surface area is 184 Å². The number of hydrogen-bond acceptors (Lipinski definition) is 4. The molecular weight excluding hydrogens is 431 g/mol. The molecule has 30 heavy (non-hydrogen) atoms. The lowest BCUT2D eigenvalue weighted by Crippen LogP contribution is -2.41. The second-order valence-electron chi connectivity index (χ2n) is 6.76. The molecule has 0 aromatic heterocycles. The summed E-state index contributed by atoms with van der Waals surface area (Å²) in [6.45, 7) is 1.87. The molecule has 1 aliphatic carbocycles. The number of carboxylic acids is 2. The molecule has 0 bridgehead atoms. The average molecular weight is 453 g/mol. The van der Waals surface area contributed by atoms with Crippen molar-refractivity contribution in [3.8, 4) is 0 Å². The van der Waals surface area contributed by atoms with Crippen LogP contribution >= 0.6 is 23.2 Å². The van der Waals surface area contributed by atoms with Crippen molar-refractivity contribution in [1.82, 2.24) is 5.32 Å². The van der Waals surface area contributed by atoms with E-state index in [-0.39, 0.29) is 18.0 Å². The Morgan fingerprint density at radius 3 is 2.37 bits per heavy atom. The number of nitrogens with one attached hydrogen (secondary N) is 2. The van der Waals surface area contributed by atoms with Crippen molar-refractivity contribution in [3.05, 3.63) is 63.6 Å². The van der Waals surface area contributed by atoms with Gasteiger partial charge in [0.2, 0.25) is 5.91 Å². The molecule has 3 rings (SSSR count). The van der Waals surface area contributed by atoms with Crippen molar-refractivity contribution in [2.24, 2.45) is 0 Å². The molecular formula is C21H22Cl2N2O5. The molecule has 0 saturated heterocycles. The molecule has 4 N–H and O–H groups in total. The summed E-state index contributed by atoms with van der Waals surface area (Å²) in [5.41, 5.74) is 3.24. The van der Waals surface area contributed by atoms with Crippen LogP contribution < -0.4 is 10.6 Å². The number of hydrogen-bond donors (Lipinski definition) is 4. The monoisotopic (exact) mass is 452 g/mol. The molecule has 1 amide bonds. The highest BCUT2D eigenvalue weighted by Gasteiger charge is 2.24. The zero-order valence-corrected chi connectivity index (χ0v) is 17.7. The van der Waals surface area contributed by atoms with Crippen LogP contribution in [0.4, 0.5) is 5.69 Å². The zero-order chi connectivity index (χ0) is 22.3. The number of carboxylic acid groups (broad SMARTS) is 2. The molecule has 0 fully saturated rings. The van der Waals surface area contributed by atoms with Gasteiger partial charge in [0, 0.05) is 11.1 Å². The SMILES string of the molecule is CC(NC1CCCc2ccccc21)C(=O)Nc1ccc(Cl)cc1Cl.O=C(O)C(=O)O. The number of carbonyl (C=O) groups is 3. The largest absolute Gasteiger partial charge is 0.473 e. The molecule has 2 atom stereocenters. The van der Waals surface area contributed by atoms with Crippen LogP contribution in [0.25, 0.3) is 0 Å². The van der Waals surface area contributed by atoms with Gasteiger partial charge in [-0.05, 0) is 55.5 Å². The maximum atomic E-state index is 12.5. The van der Waals surface area contributed by atoms with E-state index >= 15 is 0 Å². The van der Waals surface area contributed by atoms with Crippen LogP contribution in [0.15, 0.2) is 42.5 Å². The second kappa shape index (κ2) is 11.0. The average Bonchev–Trinajstić information content (AvgIpc) is 2.70. The number of amides is 1. The van der Waals surface area contributed by atoms with Crippen LogP contribution in [0, 0.1) is 0 Å². The van der Waals surface area contributed by atoms with E-state index in [4.69, 9.17) is 43.0 Å². The molecule has 9 heteroatoms. The topological polar surface area (TPSA) is 116 Å². The van der Waals surface area contributed by atoms with Crippen LogP contribution in [0.2, 0.25) is 10.0 Å². The minimum Gasteiger partial charge on any atom is -0.473 e. The highest BCUT2D eigenvalue weighted by Crippen LogP contribution is 2.30. The molecule has 2 aromatic rings.